The number of ether oxygens (including phenoxy) is 1. The van der Waals surface area contributed by atoms with E-state index in [1.54, 1.807) is 30.3 Å². The maximum atomic E-state index is 14.5. The van der Waals surface area contributed by atoms with Crippen molar-refractivity contribution in [1.29, 1.82) is 0 Å². The number of likely N-dealkylation sites (tertiary alicyclic amines) is 1. The molecule has 0 saturated carbocycles. The van der Waals surface area contributed by atoms with Crippen molar-refractivity contribution in [3.05, 3.63) is 58.9 Å². The molecule has 1 atom stereocenters. The van der Waals surface area contributed by atoms with Gasteiger partial charge < -0.3 is 15.2 Å². The number of amides is 3. The average molecular weight is 497 g/mol. The van der Waals surface area contributed by atoms with Gasteiger partial charge in [0.2, 0.25) is 11.6 Å². The summed E-state index contributed by atoms with van der Waals surface area (Å²) in [6.45, 7) is 3.68. The summed E-state index contributed by atoms with van der Waals surface area (Å²) in [4.78, 5) is 40.4. The van der Waals surface area contributed by atoms with Crippen LogP contribution in [-0.2, 0) is 22.7 Å². The van der Waals surface area contributed by atoms with Gasteiger partial charge in [0.05, 0.1) is 6.54 Å². The molecule has 3 N–H and O–H groups in total. The fourth-order valence-corrected chi connectivity index (χ4v) is 5.01. The first-order valence-corrected chi connectivity index (χ1v) is 12.2. The first-order chi connectivity index (χ1) is 17.3. The minimum atomic E-state index is -2.10. The van der Waals surface area contributed by atoms with Crippen molar-refractivity contribution < 1.29 is 28.6 Å². The lowest BCUT2D eigenvalue weighted by Gasteiger charge is -2.37. The second kappa shape index (κ2) is 9.87. The SMILES string of the molecule is O=C1CCC(O)(N2Cc3c(NCc4cc(OCCN5CCCC5)ccc4F)cccc3C2=O)C(=O)N1. The van der Waals surface area contributed by atoms with Gasteiger partial charge >= 0.3 is 0 Å². The van der Waals surface area contributed by atoms with Gasteiger partial charge in [0.15, 0.2) is 0 Å². The molecule has 10 heteroatoms. The van der Waals surface area contributed by atoms with E-state index in [0.29, 0.717) is 34.7 Å². The molecule has 2 aromatic carbocycles. The highest BCUT2D eigenvalue weighted by Gasteiger charge is 2.51. The Kier molecular flexibility index (Phi) is 6.63. The Bertz CT molecular complexity index is 1200. The molecular weight excluding hydrogens is 467 g/mol. The highest BCUT2D eigenvalue weighted by molar-refractivity contribution is 6.07. The lowest BCUT2D eigenvalue weighted by atomic mass is 10.00. The highest BCUT2D eigenvalue weighted by Crippen LogP contribution is 2.36. The summed E-state index contributed by atoms with van der Waals surface area (Å²) in [6.07, 6.45) is 2.19. The molecule has 3 aliphatic rings. The molecule has 2 saturated heterocycles. The van der Waals surface area contributed by atoms with E-state index in [1.807, 2.05) is 0 Å². The van der Waals surface area contributed by atoms with Crippen molar-refractivity contribution in [2.75, 3.05) is 31.6 Å². The second-order valence-corrected chi connectivity index (χ2v) is 9.42. The number of hydrogen-bond acceptors (Lipinski definition) is 7. The van der Waals surface area contributed by atoms with E-state index in [4.69, 9.17) is 4.74 Å². The topological polar surface area (TPSA) is 111 Å². The Morgan fingerprint density at radius 3 is 2.72 bits per heavy atom. The smallest absolute Gasteiger partial charge is 0.279 e. The van der Waals surface area contributed by atoms with E-state index in [2.05, 4.69) is 15.5 Å². The summed E-state index contributed by atoms with van der Waals surface area (Å²) >= 11 is 0. The number of nitrogens with one attached hydrogen (secondary N) is 2. The predicted octanol–water partition coefficient (Wildman–Crippen LogP) is 1.99. The van der Waals surface area contributed by atoms with Crippen LogP contribution in [0.3, 0.4) is 0 Å². The molecule has 0 radical (unpaired) electrons. The summed E-state index contributed by atoms with van der Waals surface area (Å²) in [5.41, 5.74) is -0.152. The van der Waals surface area contributed by atoms with Gasteiger partial charge in [-0.1, -0.05) is 6.07 Å². The number of nitrogens with zero attached hydrogens (tertiary/aromatic N) is 2. The standard InChI is InChI=1S/C26H29FN4O5/c27-21-7-6-18(36-13-12-30-10-1-2-11-30)14-17(21)15-28-22-5-3-4-19-20(22)16-31(24(19)33)26(35)9-8-23(32)29-25(26)34/h3-7,14,28,35H,1-2,8-13,15-16H2,(H,29,32,34). The van der Waals surface area contributed by atoms with Gasteiger partial charge in [0.25, 0.3) is 11.8 Å². The summed E-state index contributed by atoms with van der Waals surface area (Å²) in [7, 11) is 0. The zero-order valence-electron chi connectivity index (χ0n) is 19.9. The number of anilines is 1. The Morgan fingerprint density at radius 2 is 1.94 bits per heavy atom. The summed E-state index contributed by atoms with van der Waals surface area (Å²) in [5, 5.41) is 16.2. The maximum absolute atomic E-state index is 14.5. The van der Waals surface area contributed by atoms with Crippen LogP contribution in [0.1, 0.15) is 47.2 Å². The molecule has 0 spiro atoms. The molecule has 1 unspecified atom stereocenters. The Labute approximate surface area is 208 Å². The molecule has 0 bridgehead atoms. The summed E-state index contributed by atoms with van der Waals surface area (Å²) in [6, 6.07) is 9.72. The van der Waals surface area contributed by atoms with Crippen LogP contribution in [0.4, 0.5) is 10.1 Å². The van der Waals surface area contributed by atoms with Crippen molar-refractivity contribution in [3.63, 3.8) is 0 Å². The van der Waals surface area contributed by atoms with Crippen molar-refractivity contribution in [1.82, 2.24) is 15.1 Å². The molecule has 190 valence electrons. The molecule has 3 amide bonds. The Balaban J connectivity index is 1.27. The lowest BCUT2D eigenvalue weighted by molar-refractivity contribution is -0.167. The summed E-state index contributed by atoms with van der Waals surface area (Å²) < 4.78 is 20.4. The van der Waals surface area contributed by atoms with Crippen molar-refractivity contribution in [2.24, 2.45) is 0 Å². The van der Waals surface area contributed by atoms with E-state index in [-0.39, 0.29) is 31.7 Å². The monoisotopic (exact) mass is 496 g/mol. The number of rotatable bonds is 8. The minimum Gasteiger partial charge on any atom is -0.492 e. The van der Waals surface area contributed by atoms with Crippen LogP contribution in [0.2, 0.25) is 0 Å². The highest BCUT2D eigenvalue weighted by atomic mass is 19.1. The number of imide groups is 1. The van der Waals surface area contributed by atoms with E-state index in [9.17, 15) is 23.9 Å². The Morgan fingerprint density at radius 1 is 1.14 bits per heavy atom. The molecule has 5 rings (SSSR count). The van der Waals surface area contributed by atoms with Crippen LogP contribution < -0.4 is 15.4 Å². The number of benzene rings is 2. The maximum Gasteiger partial charge on any atom is 0.279 e. The van der Waals surface area contributed by atoms with Gasteiger partial charge in [0, 0.05) is 48.3 Å². The third-order valence-electron chi connectivity index (χ3n) is 7.09. The van der Waals surface area contributed by atoms with Crippen LogP contribution in [0.25, 0.3) is 0 Å². The third-order valence-corrected chi connectivity index (χ3v) is 7.09. The van der Waals surface area contributed by atoms with Gasteiger partial charge in [-0.2, -0.15) is 0 Å². The number of halogens is 1. The summed E-state index contributed by atoms with van der Waals surface area (Å²) in [5.74, 6) is -1.68. The van der Waals surface area contributed by atoms with Crippen molar-refractivity contribution >= 4 is 23.4 Å². The number of piperidine rings is 1. The van der Waals surface area contributed by atoms with Gasteiger partial charge in [0.1, 0.15) is 18.2 Å². The molecule has 36 heavy (non-hydrogen) atoms. The first-order valence-electron chi connectivity index (χ1n) is 12.2. The number of carbonyl (C=O) groups is 3. The van der Waals surface area contributed by atoms with Crippen LogP contribution in [-0.4, -0.2) is 64.6 Å². The van der Waals surface area contributed by atoms with Crippen LogP contribution in [0.5, 0.6) is 5.75 Å². The molecule has 0 aromatic heterocycles. The van der Waals surface area contributed by atoms with Gasteiger partial charge in [-0.05, 0) is 56.3 Å². The number of hydrogen-bond donors (Lipinski definition) is 3. The Hall–Kier alpha value is -3.50. The second-order valence-electron chi connectivity index (χ2n) is 9.42. The molecule has 3 heterocycles. The third kappa shape index (κ3) is 4.66. The van der Waals surface area contributed by atoms with E-state index >= 15 is 0 Å². The fraction of sp³-hybridized carbons (Fsp3) is 0.423. The molecule has 3 aliphatic heterocycles. The first kappa shape index (κ1) is 24.2. The average Bonchev–Trinajstić information content (AvgIpc) is 3.50. The van der Waals surface area contributed by atoms with Crippen LogP contribution >= 0.6 is 0 Å². The van der Waals surface area contributed by atoms with Crippen LogP contribution in [0.15, 0.2) is 36.4 Å². The lowest BCUT2D eigenvalue weighted by Crippen LogP contribution is -2.63. The fourth-order valence-electron chi connectivity index (χ4n) is 5.01. The zero-order valence-corrected chi connectivity index (χ0v) is 19.9. The molecule has 9 nitrogen and oxygen atoms in total. The molecule has 2 fully saturated rings. The quantitative estimate of drug-likeness (QED) is 0.480. The van der Waals surface area contributed by atoms with Crippen molar-refractivity contribution in [2.45, 2.75) is 44.5 Å². The van der Waals surface area contributed by atoms with E-state index in [1.165, 1.54) is 18.9 Å². The number of fused-ring (bicyclic) bond motifs is 1. The van der Waals surface area contributed by atoms with Gasteiger partial charge in [-0.3, -0.25) is 29.5 Å². The predicted molar refractivity (Wildman–Crippen MR) is 129 cm³/mol. The zero-order chi connectivity index (χ0) is 25.3. The molecule has 2 aromatic rings. The van der Waals surface area contributed by atoms with Gasteiger partial charge in [-0.25, -0.2) is 4.39 Å². The molecular formula is C26H29FN4O5. The van der Waals surface area contributed by atoms with E-state index in [0.717, 1.165) is 24.5 Å². The normalized spacial score (nSPS) is 22.1. The van der Waals surface area contributed by atoms with Crippen molar-refractivity contribution in [3.8, 4) is 5.75 Å². The number of carbonyl (C=O) groups excluding carboxylic acids is 3. The number of aliphatic hydroxyl groups is 1. The van der Waals surface area contributed by atoms with Gasteiger partial charge in [-0.15, -0.1) is 0 Å². The van der Waals surface area contributed by atoms with Crippen LogP contribution in [0, 0.1) is 5.82 Å². The minimum absolute atomic E-state index is 0.0163. The largest absolute Gasteiger partial charge is 0.492 e. The molecule has 0 aliphatic carbocycles. The van der Waals surface area contributed by atoms with E-state index < -0.39 is 23.4 Å².